The Morgan fingerprint density at radius 1 is 1.60 bits per heavy atom. The van der Waals surface area contributed by atoms with Crippen LogP contribution in [0.4, 0.5) is 0 Å². The second kappa shape index (κ2) is 5.10. The molecule has 0 aromatic carbocycles. The molecule has 0 saturated carbocycles. The Morgan fingerprint density at radius 2 is 2.47 bits per heavy atom. The first-order chi connectivity index (χ1) is 7.31. The van der Waals surface area contributed by atoms with Crippen LogP contribution >= 0.6 is 11.3 Å². The van der Waals surface area contributed by atoms with Crippen molar-refractivity contribution in [1.82, 2.24) is 5.32 Å². The molecule has 84 valence electrons. The van der Waals surface area contributed by atoms with Gasteiger partial charge in [0.25, 0.3) is 0 Å². The van der Waals surface area contributed by atoms with Gasteiger partial charge in [0.15, 0.2) is 0 Å². The van der Waals surface area contributed by atoms with Crippen molar-refractivity contribution in [3.8, 4) is 0 Å². The van der Waals surface area contributed by atoms with Crippen LogP contribution < -0.4 is 5.32 Å². The molecule has 0 radical (unpaired) electrons. The summed E-state index contributed by atoms with van der Waals surface area (Å²) >= 11 is 1.82. The van der Waals surface area contributed by atoms with Crippen LogP contribution in [0.25, 0.3) is 0 Å². The highest BCUT2D eigenvalue weighted by Crippen LogP contribution is 2.31. The summed E-state index contributed by atoms with van der Waals surface area (Å²) in [6.45, 7) is 5.31. The number of thiophene rings is 1. The third-order valence-electron chi connectivity index (χ3n) is 2.91. The highest BCUT2D eigenvalue weighted by molar-refractivity contribution is 7.10. The molecule has 0 spiro atoms. The maximum atomic E-state index is 5.94. The van der Waals surface area contributed by atoms with Gasteiger partial charge in [0, 0.05) is 4.88 Å². The van der Waals surface area contributed by atoms with E-state index >= 15 is 0 Å². The van der Waals surface area contributed by atoms with E-state index in [0.29, 0.717) is 18.2 Å². The van der Waals surface area contributed by atoms with Crippen molar-refractivity contribution in [3.05, 3.63) is 22.4 Å². The predicted molar refractivity (Wildman–Crippen MR) is 64.3 cm³/mol. The molecule has 0 aliphatic carbocycles. The van der Waals surface area contributed by atoms with Crippen LogP contribution in [0, 0.1) is 0 Å². The van der Waals surface area contributed by atoms with Crippen molar-refractivity contribution >= 4 is 11.3 Å². The van der Waals surface area contributed by atoms with Gasteiger partial charge in [-0.3, -0.25) is 0 Å². The van der Waals surface area contributed by atoms with Gasteiger partial charge >= 0.3 is 0 Å². The summed E-state index contributed by atoms with van der Waals surface area (Å²) in [6.07, 6.45) is 3.16. The van der Waals surface area contributed by atoms with E-state index in [9.17, 15) is 0 Å². The summed E-state index contributed by atoms with van der Waals surface area (Å²) in [5.74, 6) is 0. The zero-order chi connectivity index (χ0) is 10.7. The molecule has 2 rings (SSSR count). The van der Waals surface area contributed by atoms with E-state index in [1.54, 1.807) is 0 Å². The molecule has 1 N–H and O–H groups in total. The van der Waals surface area contributed by atoms with Gasteiger partial charge in [-0.15, -0.1) is 11.3 Å². The summed E-state index contributed by atoms with van der Waals surface area (Å²) in [6, 6.07) is 4.70. The number of rotatable bonds is 4. The first-order valence-electron chi connectivity index (χ1n) is 5.73. The average molecular weight is 225 g/mol. The molecule has 0 amide bonds. The molecule has 1 aromatic heterocycles. The van der Waals surface area contributed by atoms with Crippen LogP contribution in [0.1, 0.15) is 37.6 Å². The van der Waals surface area contributed by atoms with E-state index in [4.69, 9.17) is 4.74 Å². The zero-order valence-corrected chi connectivity index (χ0v) is 10.2. The maximum absolute atomic E-state index is 5.94. The lowest BCUT2D eigenvalue weighted by molar-refractivity contribution is 0.0327. The first-order valence-corrected chi connectivity index (χ1v) is 6.61. The Hall–Kier alpha value is -0.380. The number of ether oxygens (including phenoxy) is 1. The normalized spacial score (nSPS) is 28.1. The fraction of sp³-hybridized carbons (Fsp3) is 0.667. The summed E-state index contributed by atoms with van der Waals surface area (Å²) < 4.78 is 5.94. The molecule has 2 heterocycles. The number of likely N-dealkylation sites (N-methyl/N-ethyl adjacent to an activating group) is 1. The molecular weight excluding hydrogens is 206 g/mol. The fourth-order valence-electron chi connectivity index (χ4n) is 2.18. The first kappa shape index (κ1) is 11.1. The molecule has 2 nitrogen and oxygen atoms in total. The zero-order valence-electron chi connectivity index (χ0n) is 9.40. The molecule has 15 heavy (non-hydrogen) atoms. The third kappa shape index (κ3) is 2.60. The Kier molecular flexibility index (Phi) is 3.78. The highest BCUT2D eigenvalue weighted by Gasteiger charge is 2.30. The Labute approximate surface area is 95.6 Å². The van der Waals surface area contributed by atoms with Crippen molar-refractivity contribution in [2.24, 2.45) is 0 Å². The molecule has 0 bridgehead atoms. The van der Waals surface area contributed by atoms with Crippen LogP contribution in [0.2, 0.25) is 0 Å². The average Bonchev–Trinajstić information content (AvgIpc) is 2.85. The number of nitrogens with one attached hydrogen (secondary N) is 1. The smallest absolute Gasteiger partial charge is 0.0782 e. The van der Waals surface area contributed by atoms with Gasteiger partial charge in [0.05, 0.1) is 18.2 Å². The van der Waals surface area contributed by atoms with Crippen LogP contribution in [0.15, 0.2) is 17.5 Å². The van der Waals surface area contributed by atoms with E-state index in [0.717, 1.165) is 6.54 Å². The molecule has 1 fully saturated rings. The summed E-state index contributed by atoms with van der Waals surface area (Å²) in [5.41, 5.74) is 0. The minimum absolute atomic E-state index is 0.360. The van der Waals surface area contributed by atoms with Crippen molar-refractivity contribution in [3.63, 3.8) is 0 Å². The number of hydrogen-bond donors (Lipinski definition) is 1. The topological polar surface area (TPSA) is 21.3 Å². The van der Waals surface area contributed by atoms with Crippen molar-refractivity contribution < 1.29 is 4.74 Å². The van der Waals surface area contributed by atoms with E-state index in [1.807, 2.05) is 11.3 Å². The van der Waals surface area contributed by atoms with Gasteiger partial charge in [-0.1, -0.05) is 13.0 Å². The summed E-state index contributed by atoms with van der Waals surface area (Å²) in [5, 5.41) is 5.67. The van der Waals surface area contributed by atoms with Crippen molar-refractivity contribution in [2.75, 3.05) is 6.54 Å². The minimum Gasteiger partial charge on any atom is -0.373 e. The van der Waals surface area contributed by atoms with Gasteiger partial charge in [0.2, 0.25) is 0 Å². The minimum atomic E-state index is 0.360. The lowest BCUT2D eigenvalue weighted by Crippen LogP contribution is -2.31. The lowest BCUT2D eigenvalue weighted by Gasteiger charge is -2.23. The van der Waals surface area contributed by atoms with Gasteiger partial charge in [-0.25, -0.2) is 0 Å². The van der Waals surface area contributed by atoms with Crippen LogP contribution in [0.3, 0.4) is 0 Å². The van der Waals surface area contributed by atoms with Gasteiger partial charge < -0.3 is 10.1 Å². The van der Waals surface area contributed by atoms with E-state index in [2.05, 4.69) is 36.7 Å². The second-order valence-electron chi connectivity index (χ2n) is 4.11. The van der Waals surface area contributed by atoms with Crippen LogP contribution in [-0.4, -0.2) is 18.8 Å². The Balaban J connectivity index is 2.06. The van der Waals surface area contributed by atoms with Gasteiger partial charge in [-0.2, -0.15) is 0 Å². The SMILES string of the molecule is CCNC(c1cccs1)C1CCC(C)O1. The standard InChI is InChI=1S/C12H19NOS/c1-3-13-12(11-5-4-8-15-11)10-7-6-9(2)14-10/h4-5,8-10,12-13H,3,6-7H2,1-2H3. The molecule has 3 unspecified atom stereocenters. The van der Waals surface area contributed by atoms with Crippen molar-refractivity contribution in [2.45, 2.75) is 44.9 Å². The molecular formula is C12H19NOS. The van der Waals surface area contributed by atoms with Crippen LogP contribution in [-0.2, 0) is 4.74 Å². The summed E-state index contributed by atoms with van der Waals surface area (Å²) in [4.78, 5) is 1.40. The molecule has 1 aliphatic rings. The van der Waals surface area contributed by atoms with E-state index in [-0.39, 0.29) is 0 Å². The van der Waals surface area contributed by atoms with Crippen molar-refractivity contribution in [1.29, 1.82) is 0 Å². The van der Waals surface area contributed by atoms with Crippen LogP contribution in [0.5, 0.6) is 0 Å². The van der Waals surface area contributed by atoms with Gasteiger partial charge in [0.1, 0.15) is 0 Å². The second-order valence-corrected chi connectivity index (χ2v) is 5.09. The summed E-state index contributed by atoms with van der Waals surface area (Å²) in [7, 11) is 0. The molecule has 1 aromatic rings. The largest absolute Gasteiger partial charge is 0.373 e. The molecule has 1 saturated heterocycles. The van der Waals surface area contributed by atoms with Gasteiger partial charge in [-0.05, 0) is 37.8 Å². The van der Waals surface area contributed by atoms with E-state index in [1.165, 1.54) is 17.7 Å². The Morgan fingerprint density at radius 3 is 3.00 bits per heavy atom. The quantitative estimate of drug-likeness (QED) is 0.850. The highest BCUT2D eigenvalue weighted by atomic mass is 32.1. The lowest BCUT2D eigenvalue weighted by atomic mass is 10.1. The predicted octanol–water partition coefficient (Wildman–Crippen LogP) is 2.97. The maximum Gasteiger partial charge on any atom is 0.0782 e. The Bertz CT molecular complexity index is 286. The third-order valence-corrected chi connectivity index (χ3v) is 3.87. The molecule has 1 aliphatic heterocycles. The number of hydrogen-bond acceptors (Lipinski definition) is 3. The monoisotopic (exact) mass is 225 g/mol. The van der Waals surface area contributed by atoms with E-state index < -0.39 is 0 Å². The molecule has 3 atom stereocenters. The fourth-order valence-corrected chi connectivity index (χ4v) is 3.04. The molecule has 3 heteroatoms.